The van der Waals surface area contributed by atoms with Crippen molar-refractivity contribution in [2.75, 3.05) is 6.54 Å². The van der Waals surface area contributed by atoms with E-state index in [0.717, 1.165) is 34.7 Å². The first kappa shape index (κ1) is 18.8. The van der Waals surface area contributed by atoms with Gasteiger partial charge in [0, 0.05) is 13.1 Å². The second-order valence-corrected chi connectivity index (χ2v) is 8.68. The van der Waals surface area contributed by atoms with Gasteiger partial charge in [0.05, 0.1) is 22.5 Å². The molecular formula is C23H21N5OS. The van der Waals surface area contributed by atoms with Gasteiger partial charge < -0.3 is 4.90 Å². The van der Waals surface area contributed by atoms with Gasteiger partial charge in [-0.05, 0) is 36.6 Å². The van der Waals surface area contributed by atoms with Crippen LogP contribution in [0.1, 0.15) is 18.1 Å². The molecule has 4 aromatic rings. The Morgan fingerprint density at radius 1 is 1.03 bits per heavy atom. The third-order valence-electron chi connectivity index (χ3n) is 5.41. The molecule has 0 bridgehead atoms. The number of para-hydroxylation sites is 1. The molecule has 1 amide bonds. The fourth-order valence-electron chi connectivity index (χ4n) is 3.83. The molecule has 0 radical (unpaired) electrons. The monoisotopic (exact) mass is 415 g/mol. The molecule has 7 heteroatoms. The number of aromatic nitrogens is 4. The maximum absolute atomic E-state index is 13.1. The van der Waals surface area contributed by atoms with Crippen LogP contribution in [-0.2, 0) is 17.8 Å². The number of carbonyl (C=O) groups is 1. The third kappa shape index (κ3) is 3.45. The lowest BCUT2D eigenvalue weighted by Gasteiger charge is -2.30. The zero-order valence-electron chi connectivity index (χ0n) is 16.6. The summed E-state index contributed by atoms with van der Waals surface area (Å²) in [4.78, 5) is 23.9. The van der Waals surface area contributed by atoms with Crippen molar-refractivity contribution >= 4 is 28.7 Å². The molecule has 0 N–H and O–H groups in total. The molecule has 0 spiro atoms. The number of thioether (sulfide) groups is 1. The van der Waals surface area contributed by atoms with E-state index in [0.29, 0.717) is 6.54 Å². The van der Waals surface area contributed by atoms with Crippen LogP contribution in [0.3, 0.4) is 0 Å². The summed E-state index contributed by atoms with van der Waals surface area (Å²) >= 11 is 1.47. The first-order valence-electron chi connectivity index (χ1n) is 9.97. The van der Waals surface area contributed by atoms with Gasteiger partial charge in [0.25, 0.3) is 0 Å². The van der Waals surface area contributed by atoms with Crippen molar-refractivity contribution in [3.8, 4) is 5.69 Å². The van der Waals surface area contributed by atoms with Gasteiger partial charge in [-0.1, -0.05) is 54.2 Å². The summed E-state index contributed by atoms with van der Waals surface area (Å²) in [5.74, 6) is 0.136. The van der Waals surface area contributed by atoms with Crippen molar-refractivity contribution in [2.45, 2.75) is 30.2 Å². The topological polar surface area (TPSA) is 63.9 Å². The highest BCUT2D eigenvalue weighted by Crippen LogP contribution is 2.30. The normalized spacial score (nSPS) is 14.5. The van der Waals surface area contributed by atoms with Crippen LogP contribution < -0.4 is 0 Å². The van der Waals surface area contributed by atoms with E-state index in [-0.39, 0.29) is 11.2 Å². The summed E-state index contributed by atoms with van der Waals surface area (Å²) in [5.41, 5.74) is 4.26. The van der Waals surface area contributed by atoms with Crippen LogP contribution in [0, 0.1) is 0 Å². The summed E-state index contributed by atoms with van der Waals surface area (Å²) in [6, 6.07) is 18.2. The van der Waals surface area contributed by atoms with Gasteiger partial charge in [0.1, 0.15) is 11.4 Å². The molecular weight excluding hydrogens is 394 g/mol. The van der Waals surface area contributed by atoms with E-state index in [1.165, 1.54) is 22.9 Å². The molecule has 0 saturated carbocycles. The van der Waals surface area contributed by atoms with E-state index in [9.17, 15) is 4.79 Å². The lowest BCUT2D eigenvalue weighted by atomic mass is 10.00. The molecule has 0 unspecified atom stereocenters. The summed E-state index contributed by atoms with van der Waals surface area (Å²) in [6.07, 6.45) is 4.22. The number of amides is 1. The van der Waals surface area contributed by atoms with Gasteiger partial charge in [0.15, 0.2) is 5.65 Å². The molecule has 3 heterocycles. The van der Waals surface area contributed by atoms with Crippen LogP contribution in [-0.4, -0.2) is 42.4 Å². The Bertz CT molecular complexity index is 1210. The fraction of sp³-hybridized carbons (Fsp3) is 0.217. The molecule has 2 aromatic heterocycles. The smallest absolute Gasteiger partial charge is 0.236 e. The maximum Gasteiger partial charge on any atom is 0.236 e. The van der Waals surface area contributed by atoms with Crippen LogP contribution in [0.4, 0.5) is 0 Å². The van der Waals surface area contributed by atoms with Crippen LogP contribution in [0.5, 0.6) is 0 Å². The lowest BCUT2D eigenvalue weighted by Crippen LogP contribution is -2.40. The lowest BCUT2D eigenvalue weighted by molar-refractivity contribution is -0.131. The predicted octanol–water partition coefficient (Wildman–Crippen LogP) is 3.88. The van der Waals surface area contributed by atoms with E-state index < -0.39 is 0 Å². The van der Waals surface area contributed by atoms with Gasteiger partial charge >= 0.3 is 0 Å². The van der Waals surface area contributed by atoms with Gasteiger partial charge in [-0.25, -0.2) is 14.6 Å². The first-order chi connectivity index (χ1) is 14.7. The molecule has 150 valence electrons. The average molecular weight is 416 g/mol. The number of rotatable bonds is 4. The summed E-state index contributed by atoms with van der Waals surface area (Å²) in [5, 5.41) is 5.89. The van der Waals surface area contributed by atoms with E-state index in [4.69, 9.17) is 0 Å². The maximum atomic E-state index is 13.1. The molecule has 0 fully saturated rings. The average Bonchev–Trinajstić information content (AvgIpc) is 3.24. The van der Waals surface area contributed by atoms with Crippen molar-refractivity contribution in [2.24, 2.45) is 0 Å². The van der Waals surface area contributed by atoms with Crippen LogP contribution >= 0.6 is 11.8 Å². The van der Waals surface area contributed by atoms with Gasteiger partial charge in [-0.2, -0.15) is 5.10 Å². The summed E-state index contributed by atoms with van der Waals surface area (Å²) in [7, 11) is 0. The van der Waals surface area contributed by atoms with Crippen molar-refractivity contribution in [1.29, 1.82) is 0 Å². The SMILES string of the molecule is C[C@H](Sc1ncnc2c1cnn2-c1ccccc1)C(=O)N1CCc2ccccc2C1. The molecule has 5 rings (SSSR count). The van der Waals surface area contributed by atoms with Crippen LogP contribution in [0.25, 0.3) is 16.7 Å². The first-order valence-corrected chi connectivity index (χ1v) is 10.8. The van der Waals surface area contributed by atoms with Gasteiger partial charge in [0.2, 0.25) is 5.91 Å². The Morgan fingerprint density at radius 2 is 1.80 bits per heavy atom. The minimum Gasteiger partial charge on any atom is -0.337 e. The molecule has 2 aromatic carbocycles. The minimum atomic E-state index is -0.242. The summed E-state index contributed by atoms with van der Waals surface area (Å²) < 4.78 is 1.80. The Hall–Kier alpha value is -3.19. The van der Waals surface area contributed by atoms with Crippen molar-refractivity contribution < 1.29 is 4.79 Å². The number of hydrogen-bond acceptors (Lipinski definition) is 5. The Balaban J connectivity index is 1.37. The van der Waals surface area contributed by atoms with Gasteiger partial charge in [-0.3, -0.25) is 4.79 Å². The number of carbonyl (C=O) groups excluding carboxylic acids is 1. The highest BCUT2D eigenvalue weighted by molar-refractivity contribution is 8.00. The number of nitrogens with zero attached hydrogens (tertiary/aromatic N) is 5. The van der Waals surface area contributed by atoms with Crippen LogP contribution in [0.2, 0.25) is 0 Å². The van der Waals surface area contributed by atoms with E-state index in [2.05, 4.69) is 33.3 Å². The Labute approximate surface area is 179 Å². The van der Waals surface area contributed by atoms with Crippen molar-refractivity contribution in [3.63, 3.8) is 0 Å². The zero-order chi connectivity index (χ0) is 20.5. The zero-order valence-corrected chi connectivity index (χ0v) is 17.4. The molecule has 30 heavy (non-hydrogen) atoms. The standard InChI is InChI=1S/C23H21N5OS/c1-16(23(29)27-12-11-17-7-5-6-8-18(17)14-27)30-22-20-13-26-28(21(20)24-15-25-22)19-9-3-2-4-10-19/h2-10,13,15-16H,11-12,14H2,1H3/t16-/m0/s1. The number of hydrogen-bond donors (Lipinski definition) is 0. The van der Waals surface area contributed by atoms with Gasteiger partial charge in [-0.15, -0.1) is 0 Å². The Morgan fingerprint density at radius 3 is 2.63 bits per heavy atom. The number of fused-ring (bicyclic) bond motifs is 2. The number of benzene rings is 2. The van der Waals surface area contributed by atoms with Crippen molar-refractivity contribution in [1.82, 2.24) is 24.6 Å². The van der Waals surface area contributed by atoms with Crippen molar-refractivity contribution in [3.05, 3.63) is 78.2 Å². The van der Waals surface area contributed by atoms with E-state index in [1.807, 2.05) is 48.2 Å². The Kier molecular flexibility index (Phi) is 4.96. The molecule has 0 saturated heterocycles. The van der Waals surface area contributed by atoms with Crippen LogP contribution in [0.15, 0.2) is 72.1 Å². The predicted molar refractivity (Wildman–Crippen MR) is 118 cm³/mol. The second-order valence-electron chi connectivity index (χ2n) is 7.35. The summed E-state index contributed by atoms with van der Waals surface area (Å²) in [6.45, 7) is 3.37. The highest BCUT2D eigenvalue weighted by Gasteiger charge is 2.26. The minimum absolute atomic E-state index is 0.136. The molecule has 6 nitrogen and oxygen atoms in total. The largest absolute Gasteiger partial charge is 0.337 e. The van der Waals surface area contributed by atoms with E-state index in [1.54, 1.807) is 17.2 Å². The quantitative estimate of drug-likeness (QED) is 0.374. The molecule has 0 aliphatic carbocycles. The third-order valence-corrected chi connectivity index (χ3v) is 6.51. The van der Waals surface area contributed by atoms with E-state index >= 15 is 0 Å². The highest BCUT2D eigenvalue weighted by atomic mass is 32.2. The second kappa shape index (κ2) is 7.91. The fourth-order valence-corrected chi connectivity index (χ4v) is 4.80. The molecule has 1 aliphatic heterocycles. The molecule has 1 atom stereocenters. The molecule has 1 aliphatic rings.